The van der Waals surface area contributed by atoms with Gasteiger partial charge in [-0.1, -0.05) is 42.0 Å². The molecule has 1 aromatic rings. The van der Waals surface area contributed by atoms with Crippen molar-refractivity contribution in [3.05, 3.63) is 47.0 Å². The van der Waals surface area contributed by atoms with Gasteiger partial charge in [0.05, 0.1) is 0 Å². The first-order valence-electron chi connectivity index (χ1n) is 6.65. The van der Waals surface area contributed by atoms with Gasteiger partial charge in [-0.25, -0.2) is 0 Å². The zero-order chi connectivity index (χ0) is 13.5. The summed E-state index contributed by atoms with van der Waals surface area (Å²) in [6.45, 7) is 0.823. The Kier molecular flexibility index (Phi) is 5.28. The molecule has 0 fully saturated rings. The van der Waals surface area contributed by atoms with Gasteiger partial charge in [-0.2, -0.15) is 0 Å². The Morgan fingerprint density at radius 3 is 2.74 bits per heavy atom. The van der Waals surface area contributed by atoms with Crippen LogP contribution in [0.2, 0.25) is 5.02 Å². The summed E-state index contributed by atoms with van der Waals surface area (Å²) < 4.78 is 0. The summed E-state index contributed by atoms with van der Waals surface area (Å²) >= 11 is 6.13. The van der Waals surface area contributed by atoms with Crippen LogP contribution in [0.4, 0.5) is 0 Å². The minimum atomic E-state index is 0.478. The number of guanidine groups is 1. The summed E-state index contributed by atoms with van der Waals surface area (Å²) in [6, 6.07) is 8.42. The van der Waals surface area contributed by atoms with E-state index < -0.39 is 0 Å². The average molecular weight is 278 g/mol. The van der Waals surface area contributed by atoms with Gasteiger partial charge in [0, 0.05) is 24.7 Å². The van der Waals surface area contributed by atoms with Gasteiger partial charge in [-0.3, -0.25) is 4.99 Å². The number of benzene rings is 1. The van der Waals surface area contributed by atoms with Gasteiger partial charge in [-0.15, -0.1) is 0 Å². The molecule has 2 N–H and O–H groups in total. The quantitative estimate of drug-likeness (QED) is 0.504. The van der Waals surface area contributed by atoms with E-state index in [2.05, 4.69) is 33.8 Å². The molecule has 19 heavy (non-hydrogen) atoms. The molecule has 0 aromatic heterocycles. The Labute approximate surface area is 119 Å². The van der Waals surface area contributed by atoms with E-state index in [0.717, 1.165) is 42.4 Å². The highest BCUT2D eigenvalue weighted by Crippen LogP contribution is 2.14. The Hall–Kier alpha value is -1.48. The van der Waals surface area contributed by atoms with Crippen molar-refractivity contribution in [2.75, 3.05) is 13.6 Å². The molecule has 0 radical (unpaired) electrons. The van der Waals surface area contributed by atoms with Crippen molar-refractivity contribution in [3.63, 3.8) is 0 Å². The van der Waals surface area contributed by atoms with E-state index in [1.165, 1.54) is 0 Å². The summed E-state index contributed by atoms with van der Waals surface area (Å²) in [4.78, 5) is 4.24. The van der Waals surface area contributed by atoms with Crippen molar-refractivity contribution in [2.24, 2.45) is 4.99 Å². The van der Waals surface area contributed by atoms with E-state index in [9.17, 15) is 0 Å². The molecule has 0 spiro atoms. The Morgan fingerprint density at radius 2 is 2.05 bits per heavy atom. The molecule has 1 aliphatic rings. The predicted octanol–water partition coefficient (Wildman–Crippen LogP) is 2.77. The van der Waals surface area contributed by atoms with Crippen LogP contribution in [0.15, 0.2) is 41.4 Å². The van der Waals surface area contributed by atoms with E-state index in [-0.39, 0.29) is 0 Å². The molecule has 0 heterocycles. The molecule has 0 unspecified atom stereocenters. The van der Waals surface area contributed by atoms with Crippen LogP contribution in [0.5, 0.6) is 0 Å². The van der Waals surface area contributed by atoms with E-state index in [1.807, 2.05) is 18.2 Å². The fourth-order valence-corrected chi connectivity index (χ4v) is 2.37. The molecule has 0 saturated carbocycles. The third kappa shape index (κ3) is 4.28. The molecular weight excluding hydrogens is 258 g/mol. The lowest BCUT2D eigenvalue weighted by Gasteiger charge is -2.17. The van der Waals surface area contributed by atoms with Gasteiger partial charge in [0.2, 0.25) is 0 Å². The van der Waals surface area contributed by atoms with Gasteiger partial charge in [0.25, 0.3) is 0 Å². The van der Waals surface area contributed by atoms with Gasteiger partial charge in [0.1, 0.15) is 0 Å². The SMILES string of the molecule is CN=C(NCCc1ccccc1Cl)NC1CC=CC1. The summed E-state index contributed by atoms with van der Waals surface area (Å²) in [6.07, 6.45) is 7.45. The molecular formula is C15H20ClN3. The van der Waals surface area contributed by atoms with Crippen LogP contribution < -0.4 is 10.6 Å². The minimum absolute atomic E-state index is 0.478. The molecule has 4 heteroatoms. The number of rotatable bonds is 4. The molecule has 102 valence electrons. The van der Waals surface area contributed by atoms with Gasteiger partial charge < -0.3 is 10.6 Å². The molecule has 0 aliphatic heterocycles. The first kappa shape index (κ1) is 13.9. The first-order chi connectivity index (χ1) is 9.29. The molecule has 1 aliphatic carbocycles. The molecule has 3 nitrogen and oxygen atoms in total. The second-order valence-corrected chi connectivity index (χ2v) is 5.03. The first-order valence-corrected chi connectivity index (χ1v) is 7.03. The smallest absolute Gasteiger partial charge is 0.191 e. The molecule has 0 bridgehead atoms. The monoisotopic (exact) mass is 277 g/mol. The summed E-state index contributed by atoms with van der Waals surface area (Å²) in [7, 11) is 1.80. The number of nitrogens with zero attached hydrogens (tertiary/aromatic N) is 1. The predicted molar refractivity (Wildman–Crippen MR) is 81.8 cm³/mol. The normalized spacial score (nSPS) is 15.8. The van der Waals surface area contributed by atoms with Crippen LogP contribution in [-0.2, 0) is 6.42 Å². The van der Waals surface area contributed by atoms with E-state index in [4.69, 9.17) is 11.6 Å². The number of nitrogens with one attached hydrogen (secondary N) is 2. The van der Waals surface area contributed by atoms with Gasteiger partial charge in [-0.05, 0) is 30.9 Å². The van der Waals surface area contributed by atoms with Crippen LogP contribution >= 0.6 is 11.6 Å². The second-order valence-electron chi connectivity index (χ2n) is 4.62. The molecule has 0 amide bonds. The second kappa shape index (κ2) is 7.19. The zero-order valence-electron chi connectivity index (χ0n) is 11.2. The Bertz CT molecular complexity index is 460. The number of hydrogen-bond donors (Lipinski definition) is 2. The maximum Gasteiger partial charge on any atom is 0.191 e. The van der Waals surface area contributed by atoms with Crippen LogP contribution in [-0.4, -0.2) is 25.6 Å². The van der Waals surface area contributed by atoms with Crippen LogP contribution in [0, 0.1) is 0 Å². The highest BCUT2D eigenvalue weighted by molar-refractivity contribution is 6.31. The standard InChI is InChI=1S/C15H20ClN3/c1-17-15(19-13-7-3-4-8-13)18-11-10-12-6-2-5-9-14(12)16/h2-6,9,13H,7-8,10-11H2,1H3,(H2,17,18,19). The summed E-state index contributed by atoms with van der Waals surface area (Å²) in [5, 5.41) is 7.56. The topological polar surface area (TPSA) is 36.4 Å². The van der Waals surface area contributed by atoms with E-state index >= 15 is 0 Å². The lowest BCUT2D eigenvalue weighted by Crippen LogP contribution is -2.43. The zero-order valence-corrected chi connectivity index (χ0v) is 12.0. The van der Waals surface area contributed by atoms with E-state index in [1.54, 1.807) is 7.05 Å². The Morgan fingerprint density at radius 1 is 1.32 bits per heavy atom. The summed E-state index contributed by atoms with van der Waals surface area (Å²) in [5.41, 5.74) is 1.16. The van der Waals surface area contributed by atoms with Crippen molar-refractivity contribution in [2.45, 2.75) is 25.3 Å². The molecule has 1 aromatic carbocycles. The Balaban J connectivity index is 1.76. The minimum Gasteiger partial charge on any atom is -0.356 e. The number of halogens is 1. The number of aliphatic imine (C=N–C) groups is 1. The van der Waals surface area contributed by atoms with Crippen molar-refractivity contribution < 1.29 is 0 Å². The average Bonchev–Trinajstić information content (AvgIpc) is 2.92. The lowest BCUT2D eigenvalue weighted by atomic mass is 10.1. The molecule has 2 rings (SSSR count). The van der Waals surface area contributed by atoms with Crippen LogP contribution in [0.25, 0.3) is 0 Å². The fourth-order valence-electron chi connectivity index (χ4n) is 2.14. The molecule has 0 atom stereocenters. The van der Waals surface area contributed by atoms with Crippen molar-refractivity contribution >= 4 is 17.6 Å². The van der Waals surface area contributed by atoms with Crippen LogP contribution in [0.1, 0.15) is 18.4 Å². The van der Waals surface area contributed by atoms with Crippen molar-refractivity contribution in [1.82, 2.24) is 10.6 Å². The maximum atomic E-state index is 6.13. The highest BCUT2D eigenvalue weighted by atomic mass is 35.5. The lowest BCUT2D eigenvalue weighted by molar-refractivity contribution is 0.633. The van der Waals surface area contributed by atoms with E-state index in [0.29, 0.717) is 6.04 Å². The van der Waals surface area contributed by atoms with Gasteiger partial charge in [0.15, 0.2) is 5.96 Å². The third-order valence-electron chi connectivity index (χ3n) is 3.22. The highest BCUT2D eigenvalue weighted by Gasteiger charge is 2.11. The third-order valence-corrected chi connectivity index (χ3v) is 3.59. The van der Waals surface area contributed by atoms with Crippen molar-refractivity contribution in [1.29, 1.82) is 0 Å². The van der Waals surface area contributed by atoms with Crippen molar-refractivity contribution in [3.8, 4) is 0 Å². The fraction of sp³-hybridized carbons (Fsp3) is 0.400. The maximum absolute atomic E-state index is 6.13. The van der Waals surface area contributed by atoms with Crippen LogP contribution in [0.3, 0.4) is 0 Å². The molecule has 0 saturated heterocycles. The van der Waals surface area contributed by atoms with Gasteiger partial charge >= 0.3 is 0 Å². The summed E-state index contributed by atoms with van der Waals surface area (Å²) in [5.74, 6) is 0.862. The number of hydrogen-bond acceptors (Lipinski definition) is 1. The largest absolute Gasteiger partial charge is 0.356 e.